The lowest BCUT2D eigenvalue weighted by molar-refractivity contribution is 0.170. The Labute approximate surface area is 113 Å². The van der Waals surface area contributed by atoms with E-state index >= 15 is 0 Å². The van der Waals surface area contributed by atoms with Crippen molar-refractivity contribution in [3.63, 3.8) is 0 Å². The highest BCUT2D eigenvalue weighted by molar-refractivity contribution is 5.76. The third-order valence-corrected chi connectivity index (χ3v) is 4.09. The molecule has 0 aliphatic heterocycles. The van der Waals surface area contributed by atoms with E-state index in [1.54, 1.807) is 6.33 Å². The number of aliphatic hydroxyl groups is 1. The number of aromatic nitrogens is 2. The normalized spacial score (nSPS) is 18.2. The van der Waals surface area contributed by atoms with Gasteiger partial charge in [0.1, 0.15) is 0 Å². The average molecular weight is 259 g/mol. The largest absolute Gasteiger partial charge is 0.387 e. The fourth-order valence-corrected chi connectivity index (χ4v) is 2.89. The van der Waals surface area contributed by atoms with Gasteiger partial charge < -0.3 is 15.0 Å². The molecule has 1 heterocycles. The number of benzene rings is 1. The molecule has 3 rings (SSSR count). The Kier molecular flexibility index (Phi) is 3.53. The molecule has 0 saturated heterocycles. The van der Waals surface area contributed by atoms with Crippen LogP contribution < -0.4 is 5.32 Å². The van der Waals surface area contributed by atoms with Crippen molar-refractivity contribution < 1.29 is 5.11 Å². The maximum atomic E-state index is 10.3. The monoisotopic (exact) mass is 259 g/mol. The molecule has 4 nitrogen and oxygen atoms in total. The zero-order chi connectivity index (χ0) is 13.2. The predicted octanol–water partition coefficient (Wildman–Crippen LogP) is 2.14. The molecule has 0 amide bonds. The maximum absolute atomic E-state index is 10.3. The number of rotatable bonds is 4. The van der Waals surface area contributed by atoms with Gasteiger partial charge in [0.2, 0.25) is 0 Å². The van der Waals surface area contributed by atoms with E-state index in [0.29, 0.717) is 12.6 Å². The molecule has 1 aliphatic carbocycles. The first-order valence-corrected chi connectivity index (χ1v) is 7.06. The third kappa shape index (κ3) is 2.65. The summed E-state index contributed by atoms with van der Waals surface area (Å²) in [5, 5.41) is 13.7. The highest BCUT2D eigenvalue weighted by Gasteiger charge is 2.16. The van der Waals surface area contributed by atoms with E-state index in [0.717, 1.165) is 16.6 Å². The lowest BCUT2D eigenvalue weighted by Gasteiger charge is -2.16. The average Bonchev–Trinajstić information content (AvgIpc) is 3.06. The molecular formula is C15H21N3O. The molecular weight excluding hydrogens is 238 g/mol. The topological polar surface area (TPSA) is 50.1 Å². The summed E-state index contributed by atoms with van der Waals surface area (Å²) in [6.07, 6.45) is 6.46. The molecule has 1 unspecified atom stereocenters. The summed E-state index contributed by atoms with van der Waals surface area (Å²) in [6, 6.07) is 6.59. The molecule has 1 fully saturated rings. The molecule has 0 bridgehead atoms. The van der Waals surface area contributed by atoms with Crippen LogP contribution in [0.2, 0.25) is 0 Å². The van der Waals surface area contributed by atoms with E-state index in [1.807, 2.05) is 29.8 Å². The second-order valence-corrected chi connectivity index (χ2v) is 5.51. The van der Waals surface area contributed by atoms with Gasteiger partial charge in [-0.2, -0.15) is 0 Å². The zero-order valence-corrected chi connectivity index (χ0v) is 11.3. The predicted molar refractivity (Wildman–Crippen MR) is 75.9 cm³/mol. The molecule has 2 aromatic rings. The molecule has 0 spiro atoms. The van der Waals surface area contributed by atoms with Crippen LogP contribution in [0.15, 0.2) is 24.5 Å². The zero-order valence-electron chi connectivity index (χ0n) is 11.3. The quantitative estimate of drug-likeness (QED) is 0.884. The van der Waals surface area contributed by atoms with Crippen LogP contribution in [0.3, 0.4) is 0 Å². The van der Waals surface area contributed by atoms with Crippen molar-refractivity contribution in [2.45, 2.75) is 37.8 Å². The first-order chi connectivity index (χ1) is 9.24. The summed E-state index contributed by atoms with van der Waals surface area (Å²) in [7, 11) is 1.98. The number of nitrogens with one attached hydrogen (secondary N) is 1. The maximum Gasteiger partial charge on any atom is 0.0955 e. The van der Waals surface area contributed by atoms with Crippen LogP contribution in [0.4, 0.5) is 0 Å². The second kappa shape index (κ2) is 5.31. The Bertz CT molecular complexity index is 558. The Morgan fingerprint density at radius 1 is 1.42 bits per heavy atom. The molecule has 1 saturated carbocycles. The van der Waals surface area contributed by atoms with Crippen molar-refractivity contribution in [3.05, 3.63) is 30.1 Å². The number of nitrogens with zero attached hydrogens (tertiary/aromatic N) is 2. The molecule has 4 heteroatoms. The summed E-state index contributed by atoms with van der Waals surface area (Å²) in [4.78, 5) is 4.33. The summed E-state index contributed by atoms with van der Waals surface area (Å²) in [6.45, 7) is 0.628. The first-order valence-electron chi connectivity index (χ1n) is 7.06. The SMILES string of the molecule is Cn1cnc2cc(C(O)CNC3CCCC3)ccc21. The number of hydrogen-bond acceptors (Lipinski definition) is 3. The summed E-state index contributed by atoms with van der Waals surface area (Å²) in [5.41, 5.74) is 2.98. The highest BCUT2D eigenvalue weighted by Crippen LogP contribution is 2.21. The van der Waals surface area contributed by atoms with Crippen LogP contribution in [0.1, 0.15) is 37.4 Å². The van der Waals surface area contributed by atoms with Gasteiger partial charge in [0.15, 0.2) is 0 Å². The van der Waals surface area contributed by atoms with Gasteiger partial charge in [-0.15, -0.1) is 0 Å². The summed E-state index contributed by atoms with van der Waals surface area (Å²) < 4.78 is 1.99. The standard InChI is InChI=1S/C15H21N3O/c1-18-10-17-13-8-11(6-7-14(13)18)15(19)9-16-12-4-2-3-5-12/h6-8,10,12,15-16,19H,2-5,9H2,1H3. The van der Waals surface area contributed by atoms with Crippen LogP contribution in [-0.4, -0.2) is 27.2 Å². The molecule has 1 aromatic carbocycles. The van der Waals surface area contributed by atoms with Gasteiger partial charge in [-0.1, -0.05) is 18.9 Å². The smallest absolute Gasteiger partial charge is 0.0955 e. The van der Waals surface area contributed by atoms with Crippen LogP contribution in [0.25, 0.3) is 11.0 Å². The van der Waals surface area contributed by atoms with Crippen LogP contribution >= 0.6 is 0 Å². The van der Waals surface area contributed by atoms with Gasteiger partial charge in [-0.05, 0) is 30.5 Å². The van der Waals surface area contributed by atoms with Crippen LogP contribution in [0.5, 0.6) is 0 Å². The number of aliphatic hydroxyl groups excluding tert-OH is 1. The van der Waals surface area contributed by atoms with E-state index in [2.05, 4.69) is 10.3 Å². The minimum Gasteiger partial charge on any atom is -0.387 e. The fourth-order valence-electron chi connectivity index (χ4n) is 2.89. The van der Waals surface area contributed by atoms with Crippen molar-refractivity contribution in [1.29, 1.82) is 0 Å². The molecule has 0 radical (unpaired) electrons. The van der Waals surface area contributed by atoms with Crippen molar-refractivity contribution in [3.8, 4) is 0 Å². The summed E-state index contributed by atoms with van der Waals surface area (Å²) in [5.74, 6) is 0. The Morgan fingerprint density at radius 2 is 2.21 bits per heavy atom. The van der Waals surface area contributed by atoms with E-state index in [1.165, 1.54) is 25.7 Å². The van der Waals surface area contributed by atoms with Crippen molar-refractivity contribution in [2.24, 2.45) is 7.05 Å². The van der Waals surface area contributed by atoms with Gasteiger partial charge in [0.25, 0.3) is 0 Å². The molecule has 2 N–H and O–H groups in total. The second-order valence-electron chi connectivity index (χ2n) is 5.51. The van der Waals surface area contributed by atoms with Gasteiger partial charge in [0, 0.05) is 19.6 Å². The van der Waals surface area contributed by atoms with Crippen molar-refractivity contribution >= 4 is 11.0 Å². The minimum absolute atomic E-state index is 0.452. The lowest BCUT2D eigenvalue weighted by Crippen LogP contribution is -2.30. The van der Waals surface area contributed by atoms with Gasteiger partial charge >= 0.3 is 0 Å². The van der Waals surface area contributed by atoms with Crippen molar-refractivity contribution in [1.82, 2.24) is 14.9 Å². The molecule has 1 atom stereocenters. The van der Waals surface area contributed by atoms with E-state index in [4.69, 9.17) is 0 Å². The number of aryl methyl sites for hydroxylation is 1. The Morgan fingerprint density at radius 3 is 3.00 bits per heavy atom. The number of hydrogen-bond donors (Lipinski definition) is 2. The molecule has 1 aliphatic rings. The highest BCUT2D eigenvalue weighted by atomic mass is 16.3. The van der Waals surface area contributed by atoms with E-state index in [-0.39, 0.29) is 0 Å². The number of imidazole rings is 1. The minimum atomic E-state index is -0.452. The van der Waals surface area contributed by atoms with E-state index < -0.39 is 6.10 Å². The fraction of sp³-hybridized carbons (Fsp3) is 0.533. The molecule has 19 heavy (non-hydrogen) atoms. The van der Waals surface area contributed by atoms with Crippen molar-refractivity contribution in [2.75, 3.05) is 6.54 Å². The van der Waals surface area contributed by atoms with E-state index in [9.17, 15) is 5.11 Å². The van der Waals surface area contributed by atoms with Crippen LogP contribution in [0, 0.1) is 0 Å². The lowest BCUT2D eigenvalue weighted by atomic mass is 10.1. The molecule has 1 aromatic heterocycles. The third-order valence-electron chi connectivity index (χ3n) is 4.09. The first kappa shape index (κ1) is 12.6. The summed E-state index contributed by atoms with van der Waals surface area (Å²) >= 11 is 0. The van der Waals surface area contributed by atoms with Gasteiger partial charge in [-0.25, -0.2) is 4.98 Å². The molecule has 102 valence electrons. The van der Waals surface area contributed by atoms with Gasteiger partial charge in [-0.3, -0.25) is 0 Å². The Hall–Kier alpha value is -1.39. The van der Waals surface area contributed by atoms with Crippen LogP contribution in [-0.2, 0) is 7.05 Å². The number of fused-ring (bicyclic) bond motifs is 1. The Balaban J connectivity index is 1.68. The van der Waals surface area contributed by atoms with Gasteiger partial charge in [0.05, 0.1) is 23.5 Å².